The second-order valence-electron chi connectivity index (χ2n) is 5.02. The molecule has 0 saturated carbocycles. The van der Waals surface area contributed by atoms with Crippen LogP contribution in [0.15, 0.2) is 47.6 Å². The van der Waals surface area contributed by atoms with Crippen molar-refractivity contribution in [1.82, 2.24) is 0 Å². The lowest BCUT2D eigenvalue weighted by Gasteiger charge is -2.20. The highest BCUT2D eigenvalue weighted by atomic mass is 16.5. The fourth-order valence-corrected chi connectivity index (χ4v) is 2.88. The summed E-state index contributed by atoms with van der Waals surface area (Å²) in [4.78, 5) is 0. The Morgan fingerprint density at radius 1 is 0.941 bits per heavy atom. The zero-order chi connectivity index (χ0) is 12.4. The van der Waals surface area contributed by atoms with Gasteiger partial charge in [0.05, 0.1) is 12.2 Å². The van der Waals surface area contributed by atoms with E-state index in [1.54, 1.807) is 0 Å². The van der Waals surface area contributed by atoms with Crippen molar-refractivity contribution in [3.05, 3.63) is 47.6 Å². The number of hydrogen-bond donors (Lipinski definition) is 0. The molecule has 17 heavy (non-hydrogen) atoms. The number of rotatable bonds is 4. The van der Waals surface area contributed by atoms with E-state index >= 15 is 0 Å². The average molecular weight is 230 g/mol. The van der Waals surface area contributed by atoms with Gasteiger partial charge in [-0.15, -0.1) is 0 Å². The molecule has 0 saturated heterocycles. The van der Waals surface area contributed by atoms with Crippen molar-refractivity contribution in [2.45, 2.75) is 51.7 Å². The second kappa shape index (κ2) is 5.05. The summed E-state index contributed by atoms with van der Waals surface area (Å²) in [5.74, 6) is 0. The minimum absolute atomic E-state index is 0.298. The van der Waals surface area contributed by atoms with Crippen LogP contribution in [0, 0.1) is 0 Å². The highest BCUT2D eigenvalue weighted by Gasteiger charge is 2.28. The fourth-order valence-electron chi connectivity index (χ4n) is 2.88. The smallest absolute Gasteiger partial charge is 0.0799 e. The molecule has 0 aromatic heterocycles. The Morgan fingerprint density at radius 2 is 1.35 bits per heavy atom. The topological polar surface area (TPSA) is 9.23 Å². The first-order valence-corrected chi connectivity index (χ1v) is 6.47. The Bertz CT molecular complexity index is 360. The van der Waals surface area contributed by atoms with E-state index < -0.39 is 0 Å². The SMILES string of the molecule is C=CC1=C(C)C(OC2CCC(C=C)=C2C)CC1. The van der Waals surface area contributed by atoms with E-state index in [9.17, 15) is 0 Å². The van der Waals surface area contributed by atoms with Gasteiger partial charge in [0.25, 0.3) is 0 Å². The molecule has 0 heterocycles. The van der Waals surface area contributed by atoms with Crippen LogP contribution in [0.4, 0.5) is 0 Å². The highest BCUT2D eigenvalue weighted by Crippen LogP contribution is 2.35. The normalized spacial score (nSPS) is 29.1. The first kappa shape index (κ1) is 12.4. The summed E-state index contributed by atoms with van der Waals surface area (Å²) >= 11 is 0. The summed E-state index contributed by atoms with van der Waals surface area (Å²) in [7, 11) is 0. The Balaban J connectivity index is 2.05. The van der Waals surface area contributed by atoms with Gasteiger partial charge >= 0.3 is 0 Å². The van der Waals surface area contributed by atoms with Crippen molar-refractivity contribution in [2.24, 2.45) is 0 Å². The lowest BCUT2D eigenvalue weighted by atomic mass is 10.1. The molecule has 2 unspecified atom stereocenters. The van der Waals surface area contributed by atoms with Crippen LogP contribution in [0.2, 0.25) is 0 Å². The van der Waals surface area contributed by atoms with Crippen LogP contribution < -0.4 is 0 Å². The van der Waals surface area contributed by atoms with Gasteiger partial charge in [0, 0.05) is 0 Å². The Labute approximate surface area is 105 Å². The molecule has 2 aliphatic rings. The predicted molar refractivity (Wildman–Crippen MR) is 72.9 cm³/mol. The van der Waals surface area contributed by atoms with Crippen LogP contribution in [0.25, 0.3) is 0 Å². The lowest BCUT2D eigenvalue weighted by molar-refractivity contribution is 0.0298. The third-order valence-electron chi connectivity index (χ3n) is 4.15. The highest BCUT2D eigenvalue weighted by molar-refractivity contribution is 5.33. The van der Waals surface area contributed by atoms with Crippen molar-refractivity contribution in [3.63, 3.8) is 0 Å². The fraction of sp³-hybridized carbons (Fsp3) is 0.500. The molecule has 0 fully saturated rings. The Morgan fingerprint density at radius 3 is 1.65 bits per heavy atom. The number of hydrogen-bond acceptors (Lipinski definition) is 1. The number of ether oxygens (including phenoxy) is 1. The minimum Gasteiger partial charge on any atom is -0.366 e. The lowest BCUT2D eigenvalue weighted by Crippen LogP contribution is -2.20. The van der Waals surface area contributed by atoms with Crippen molar-refractivity contribution in [3.8, 4) is 0 Å². The summed E-state index contributed by atoms with van der Waals surface area (Å²) in [5, 5.41) is 0. The molecule has 0 aromatic rings. The molecule has 1 heteroatoms. The quantitative estimate of drug-likeness (QED) is 0.698. The maximum absolute atomic E-state index is 6.25. The molecule has 2 aliphatic carbocycles. The summed E-state index contributed by atoms with van der Waals surface area (Å²) in [6.45, 7) is 12.1. The van der Waals surface area contributed by atoms with Crippen LogP contribution in [-0.4, -0.2) is 12.2 Å². The van der Waals surface area contributed by atoms with E-state index in [0.29, 0.717) is 12.2 Å². The van der Waals surface area contributed by atoms with Gasteiger partial charge in [-0.05, 0) is 61.8 Å². The molecular weight excluding hydrogens is 208 g/mol. The van der Waals surface area contributed by atoms with Gasteiger partial charge in [-0.3, -0.25) is 0 Å². The zero-order valence-corrected chi connectivity index (χ0v) is 11.0. The molecule has 0 aliphatic heterocycles. The minimum atomic E-state index is 0.298. The first-order chi connectivity index (χ1) is 8.17. The maximum Gasteiger partial charge on any atom is 0.0799 e. The van der Waals surface area contributed by atoms with E-state index in [4.69, 9.17) is 4.74 Å². The molecule has 2 rings (SSSR count). The monoisotopic (exact) mass is 230 g/mol. The third-order valence-corrected chi connectivity index (χ3v) is 4.15. The average Bonchev–Trinajstić information content (AvgIpc) is 2.85. The molecule has 2 atom stereocenters. The van der Waals surface area contributed by atoms with Gasteiger partial charge in [-0.1, -0.05) is 25.3 Å². The Kier molecular flexibility index (Phi) is 3.68. The molecule has 0 bridgehead atoms. The molecule has 0 N–H and O–H groups in total. The van der Waals surface area contributed by atoms with E-state index in [0.717, 1.165) is 25.7 Å². The third kappa shape index (κ3) is 2.30. The zero-order valence-electron chi connectivity index (χ0n) is 11.0. The largest absolute Gasteiger partial charge is 0.366 e. The maximum atomic E-state index is 6.25. The standard InChI is InChI=1S/C16H22O/c1-5-13-7-9-15(11(13)3)17-16-10-8-14(6-2)12(16)4/h5-6,15-16H,1-2,7-10H2,3-4H3. The Hall–Kier alpha value is -1.08. The van der Waals surface area contributed by atoms with Crippen molar-refractivity contribution >= 4 is 0 Å². The van der Waals surface area contributed by atoms with E-state index in [1.165, 1.54) is 22.3 Å². The van der Waals surface area contributed by atoms with Gasteiger partial charge in [0.15, 0.2) is 0 Å². The molecule has 0 amide bonds. The van der Waals surface area contributed by atoms with Gasteiger partial charge in [0.1, 0.15) is 0 Å². The molecule has 92 valence electrons. The summed E-state index contributed by atoms with van der Waals surface area (Å²) in [6, 6.07) is 0. The molecule has 0 spiro atoms. The van der Waals surface area contributed by atoms with Crippen LogP contribution in [0.5, 0.6) is 0 Å². The van der Waals surface area contributed by atoms with Crippen molar-refractivity contribution in [1.29, 1.82) is 0 Å². The summed E-state index contributed by atoms with van der Waals surface area (Å²) in [6.07, 6.45) is 9.00. The number of allylic oxidation sites excluding steroid dienone is 4. The summed E-state index contributed by atoms with van der Waals surface area (Å²) in [5.41, 5.74) is 5.50. The van der Waals surface area contributed by atoms with E-state index in [1.807, 2.05) is 12.2 Å². The van der Waals surface area contributed by atoms with Crippen molar-refractivity contribution < 1.29 is 4.74 Å². The second-order valence-corrected chi connectivity index (χ2v) is 5.02. The summed E-state index contributed by atoms with van der Waals surface area (Å²) < 4.78 is 6.25. The van der Waals surface area contributed by atoms with Crippen molar-refractivity contribution in [2.75, 3.05) is 0 Å². The van der Waals surface area contributed by atoms with Gasteiger partial charge in [0.2, 0.25) is 0 Å². The van der Waals surface area contributed by atoms with Crippen LogP contribution in [-0.2, 0) is 4.74 Å². The van der Waals surface area contributed by atoms with Gasteiger partial charge in [-0.25, -0.2) is 0 Å². The molecular formula is C16H22O. The van der Waals surface area contributed by atoms with E-state index in [2.05, 4.69) is 27.0 Å². The van der Waals surface area contributed by atoms with Gasteiger partial charge in [-0.2, -0.15) is 0 Å². The van der Waals surface area contributed by atoms with Crippen LogP contribution in [0.1, 0.15) is 39.5 Å². The molecule has 0 aromatic carbocycles. The van der Waals surface area contributed by atoms with Crippen LogP contribution in [0.3, 0.4) is 0 Å². The first-order valence-electron chi connectivity index (χ1n) is 6.47. The van der Waals surface area contributed by atoms with Crippen LogP contribution >= 0.6 is 0 Å². The molecule has 0 radical (unpaired) electrons. The molecule has 1 nitrogen and oxygen atoms in total. The predicted octanol–water partition coefficient (Wildman–Crippen LogP) is 4.33. The van der Waals surface area contributed by atoms with Gasteiger partial charge < -0.3 is 4.74 Å². The van der Waals surface area contributed by atoms with E-state index in [-0.39, 0.29) is 0 Å².